The lowest BCUT2D eigenvalue weighted by Crippen LogP contribution is -2.34. The maximum atomic E-state index is 13.4. The number of rotatable bonds is 5. The summed E-state index contributed by atoms with van der Waals surface area (Å²) in [5.74, 6) is -0.793. The van der Waals surface area contributed by atoms with Crippen molar-refractivity contribution in [1.29, 1.82) is 0 Å². The van der Waals surface area contributed by atoms with Crippen LogP contribution in [0.3, 0.4) is 0 Å². The van der Waals surface area contributed by atoms with E-state index < -0.39 is 12.0 Å². The van der Waals surface area contributed by atoms with E-state index in [2.05, 4.69) is 4.98 Å². The summed E-state index contributed by atoms with van der Waals surface area (Å²) in [6, 6.07) is 13.1. The van der Waals surface area contributed by atoms with E-state index in [0.29, 0.717) is 0 Å². The molecule has 1 heterocycles. The average Bonchev–Trinajstić information content (AvgIpc) is 2.95. The predicted octanol–water partition coefficient (Wildman–Crippen LogP) is 2.92. The highest BCUT2D eigenvalue weighted by Gasteiger charge is 2.18. The van der Waals surface area contributed by atoms with E-state index in [0.717, 1.165) is 22.0 Å². The highest BCUT2D eigenvalue weighted by Crippen LogP contribution is 2.20. The van der Waals surface area contributed by atoms with Crippen molar-refractivity contribution in [2.45, 2.75) is 19.1 Å². The minimum atomic E-state index is -0.791. The maximum Gasteiger partial charge on any atom is 0.323 e. The first-order valence-corrected chi connectivity index (χ1v) is 7.35. The molecular weight excluding hydrogens is 295 g/mol. The molecule has 3 aromatic rings. The second-order valence-electron chi connectivity index (χ2n) is 5.41. The number of esters is 1. The van der Waals surface area contributed by atoms with Gasteiger partial charge in [-0.15, -0.1) is 0 Å². The topological polar surface area (TPSA) is 68.1 Å². The third-order valence-corrected chi connectivity index (χ3v) is 3.70. The van der Waals surface area contributed by atoms with Crippen LogP contribution in [0.2, 0.25) is 0 Å². The molecule has 0 radical (unpaired) electrons. The van der Waals surface area contributed by atoms with Gasteiger partial charge in [-0.3, -0.25) is 4.79 Å². The molecule has 0 spiro atoms. The molecule has 4 nitrogen and oxygen atoms in total. The highest BCUT2D eigenvalue weighted by molar-refractivity contribution is 5.84. The van der Waals surface area contributed by atoms with Crippen molar-refractivity contribution in [2.75, 3.05) is 0 Å². The van der Waals surface area contributed by atoms with E-state index in [1.54, 1.807) is 12.3 Å². The van der Waals surface area contributed by atoms with Gasteiger partial charge in [0.05, 0.1) is 0 Å². The van der Waals surface area contributed by atoms with Gasteiger partial charge in [0, 0.05) is 23.5 Å². The van der Waals surface area contributed by atoms with Crippen LogP contribution in [0.25, 0.3) is 10.9 Å². The second kappa shape index (κ2) is 6.62. The fraction of sp³-hybridized carbons (Fsp3) is 0.167. The third kappa shape index (κ3) is 3.57. The fourth-order valence-corrected chi connectivity index (χ4v) is 2.48. The van der Waals surface area contributed by atoms with E-state index in [4.69, 9.17) is 10.5 Å². The summed E-state index contributed by atoms with van der Waals surface area (Å²) >= 11 is 0. The Morgan fingerprint density at radius 2 is 2.00 bits per heavy atom. The molecule has 118 valence electrons. The Kier molecular flexibility index (Phi) is 4.39. The van der Waals surface area contributed by atoms with Crippen LogP contribution in [0.1, 0.15) is 11.1 Å². The van der Waals surface area contributed by atoms with Crippen molar-refractivity contribution in [1.82, 2.24) is 4.98 Å². The van der Waals surface area contributed by atoms with Gasteiger partial charge < -0.3 is 15.5 Å². The zero-order valence-electron chi connectivity index (χ0n) is 12.5. The summed E-state index contributed by atoms with van der Waals surface area (Å²) in [6.45, 7) is 0.190. The number of halogens is 1. The number of carbonyl (C=O) groups excluding carboxylic acids is 1. The molecule has 0 aliphatic carbocycles. The van der Waals surface area contributed by atoms with Crippen LogP contribution in [0.5, 0.6) is 0 Å². The standard InChI is InChI=1S/C18H17FN2O2/c19-14-6-7-17-15(9-14)13(10-21-17)8-16(20)18(22)23-11-12-4-2-1-3-5-12/h1-7,9-10,16,21H,8,11,20H2. The molecule has 0 bridgehead atoms. The first-order chi connectivity index (χ1) is 11.1. The average molecular weight is 312 g/mol. The fourth-order valence-electron chi connectivity index (χ4n) is 2.48. The van der Waals surface area contributed by atoms with Gasteiger partial charge in [0.15, 0.2) is 0 Å². The summed E-state index contributed by atoms with van der Waals surface area (Å²) in [5.41, 5.74) is 8.43. The Balaban J connectivity index is 1.64. The summed E-state index contributed by atoms with van der Waals surface area (Å²) in [6.07, 6.45) is 2.03. The van der Waals surface area contributed by atoms with Crippen molar-refractivity contribution in [3.63, 3.8) is 0 Å². The van der Waals surface area contributed by atoms with Gasteiger partial charge in [-0.05, 0) is 29.3 Å². The van der Waals surface area contributed by atoms with Crippen LogP contribution in [-0.2, 0) is 22.6 Å². The van der Waals surface area contributed by atoms with Crippen LogP contribution in [-0.4, -0.2) is 17.0 Å². The molecule has 0 saturated carbocycles. The first-order valence-electron chi connectivity index (χ1n) is 7.35. The molecule has 0 aliphatic heterocycles. The van der Waals surface area contributed by atoms with Gasteiger partial charge >= 0.3 is 5.97 Å². The zero-order valence-corrected chi connectivity index (χ0v) is 12.5. The molecule has 1 unspecified atom stereocenters. The molecule has 3 N–H and O–H groups in total. The molecule has 0 aliphatic rings. The van der Waals surface area contributed by atoms with Crippen molar-refractivity contribution < 1.29 is 13.9 Å². The van der Waals surface area contributed by atoms with Gasteiger partial charge in [0.1, 0.15) is 18.5 Å². The van der Waals surface area contributed by atoms with Crippen molar-refractivity contribution in [3.8, 4) is 0 Å². The normalized spacial score (nSPS) is 12.3. The van der Waals surface area contributed by atoms with Crippen LogP contribution in [0.15, 0.2) is 54.7 Å². The van der Waals surface area contributed by atoms with Gasteiger partial charge in [-0.2, -0.15) is 0 Å². The van der Waals surface area contributed by atoms with Gasteiger partial charge in [-0.1, -0.05) is 30.3 Å². The Morgan fingerprint density at radius 1 is 1.22 bits per heavy atom. The van der Waals surface area contributed by atoms with E-state index >= 15 is 0 Å². The summed E-state index contributed by atoms with van der Waals surface area (Å²) in [4.78, 5) is 15.1. The molecule has 2 aromatic carbocycles. The highest BCUT2D eigenvalue weighted by atomic mass is 19.1. The van der Waals surface area contributed by atoms with E-state index in [1.165, 1.54) is 12.1 Å². The SMILES string of the molecule is NC(Cc1c[nH]c2ccc(F)cc12)C(=O)OCc1ccccc1. The molecule has 3 rings (SSSR count). The van der Waals surface area contributed by atoms with Gasteiger partial charge in [0.2, 0.25) is 0 Å². The Bertz CT molecular complexity index is 814. The molecule has 1 aromatic heterocycles. The van der Waals surface area contributed by atoms with Gasteiger partial charge in [-0.25, -0.2) is 4.39 Å². The largest absolute Gasteiger partial charge is 0.460 e. The Hall–Kier alpha value is -2.66. The molecule has 5 heteroatoms. The molecule has 23 heavy (non-hydrogen) atoms. The van der Waals surface area contributed by atoms with Crippen molar-refractivity contribution in [3.05, 3.63) is 71.7 Å². The monoisotopic (exact) mass is 312 g/mol. The Labute approximate surface area is 133 Å². The lowest BCUT2D eigenvalue weighted by atomic mass is 10.1. The number of fused-ring (bicyclic) bond motifs is 1. The number of ether oxygens (including phenoxy) is 1. The molecule has 0 saturated heterocycles. The second-order valence-corrected chi connectivity index (χ2v) is 5.41. The van der Waals surface area contributed by atoms with Crippen LogP contribution >= 0.6 is 0 Å². The van der Waals surface area contributed by atoms with Crippen molar-refractivity contribution >= 4 is 16.9 Å². The van der Waals surface area contributed by atoms with E-state index in [-0.39, 0.29) is 18.8 Å². The number of nitrogens with two attached hydrogens (primary N) is 1. The number of nitrogens with one attached hydrogen (secondary N) is 1. The summed E-state index contributed by atoms with van der Waals surface area (Å²) in [7, 11) is 0. The molecular formula is C18H17FN2O2. The number of aromatic amines is 1. The minimum absolute atomic E-state index is 0.190. The number of benzene rings is 2. The minimum Gasteiger partial charge on any atom is -0.460 e. The Morgan fingerprint density at radius 3 is 2.78 bits per heavy atom. The maximum absolute atomic E-state index is 13.4. The lowest BCUT2D eigenvalue weighted by Gasteiger charge is -2.11. The summed E-state index contributed by atoms with van der Waals surface area (Å²) in [5, 5.41) is 0.733. The number of aromatic nitrogens is 1. The zero-order chi connectivity index (χ0) is 16.2. The third-order valence-electron chi connectivity index (χ3n) is 3.70. The van der Waals surface area contributed by atoms with E-state index in [9.17, 15) is 9.18 Å². The smallest absolute Gasteiger partial charge is 0.323 e. The van der Waals surface area contributed by atoms with Gasteiger partial charge in [0.25, 0.3) is 0 Å². The number of hydrogen-bond acceptors (Lipinski definition) is 3. The lowest BCUT2D eigenvalue weighted by molar-refractivity contribution is -0.146. The van der Waals surface area contributed by atoms with Crippen molar-refractivity contribution in [2.24, 2.45) is 5.73 Å². The number of H-pyrrole nitrogens is 1. The van der Waals surface area contributed by atoms with Crippen LogP contribution in [0, 0.1) is 5.82 Å². The number of carbonyl (C=O) groups is 1. The van der Waals surface area contributed by atoms with Crippen LogP contribution in [0.4, 0.5) is 4.39 Å². The van der Waals surface area contributed by atoms with E-state index in [1.807, 2.05) is 30.3 Å². The summed E-state index contributed by atoms with van der Waals surface area (Å²) < 4.78 is 18.6. The van der Waals surface area contributed by atoms with Crippen LogP contribution < -0.4 is 5.73 Å². The number of hydrogen-bond donors (Lipinski definition) is 2. The molecule has 1 atom stereocenters. The first kappa shape index (κ1) is 15.2. The molecule has 0 fully saturated rings. The predicted molar refractivity (Wildman–Crippen MR) is 86.2 cm³/mol. The molecule has 0 amide bonds. The quantitative estimate of drug-likeness (QED) is 0.712.